The summed E-state index contributed by atoms with van der Waals surface area (Å²) in [6, 6.07) is 18.1. The molecule has 1 atom stereocenters. The Bertz CT molecular complexity index is 1820. The van der Waals surface area contributed by atoms with Crippen molar-refractivity contribution in [2.75, 3.05) is 53.6 Å². The lowest BCUT2D eigenvalue weighted by atomic mass is 9.68. The van der Waals surface area contributed by atoms with Crippen LogP contribution in [-0.2, 0) is 52.5 Å². The minimum absolute atomic E-state index is 0.0425. The van der Waals surface area contributed by atoms with Crippen molar-refractivity contribution in [3.8, 4) is 35.8 Å². The van der Waals surface area contributed by atoms with E-state index >= 15 is 0 Å². The normalized spacial score (nSPS) is 15.2. The van der Waals surface area contributed by atoms with Crippen molar-refractivity contribution < 1.29 is 52.5 Å². The molecule has 12 nitrogen and oxygen atoms in total. The van der Waals surface area contributed by atoms with Crippen molar-refractivity contribution in [2.45, 2.75) is 45.4 Å². The highest BCUT2D eigenvalue weighted by Gasteiger charge is 2.43. The van der Waals surface area contributed by atoms with Gasteiger partial charge in [0, 0.05) is 23.6 Å². The highest BCUT2D eigenvalue weighted by Crippen LogP contribution is 2.47. The summed E-state index contributed by atoms with van der Waals surface area (Å²) in [5, 5.41) is 3.35. The number of dihydropyridines is 1. The number of carbonyl (C=O) groups excluding carboxylic acids is 6. The van der Waals surface area contributed by atoms with Crippen molar-refractivity contribution in [1.29, 1.82) is 0 Å². The van der Waals surface area contributed by atoms with E-state index in [4.69, 9.17) is 38.7 Å². The van der Waals surface area contributed by atoms with E-state index in [1.165, 1.54) is 21.3 Å². The molecule has 1 aliphatic carbocycles. The van der Waals surface area contributed by atoms with Crippen molar-refractivity contribution >= 4 is 46.9 Å². The zero-order valence-corrected chi connectivity index (χ0v) is 32.4. The molecule has 1 unspecified atom stereocenters. The second-order valence-electron chi connectivity index (χ2n) is 12.9. The van der Waals surface area contributed by atoms with Crippen molar-refractivity contribution in [3.63, 3.8) is 0 Å². The molecule has 0 saturated carbocycles. The molecule has 0 spiro atoms. The molecule has 0 amide bonds. The molecule has 0 saturated heterocycles. The van der Waals surface area contributed by atoms with Gasteiger partial charge in [0.15, 0.2) is 17.3 Å². The van der Waals surface area contributed by atoms with Gasteiger partial charge in [-0.05, 0) is 28.5 Å². The molecule has 292 valence electrons. The molecule has 0 radical (unpaired) electrons. The smallest absolute Gasteiger partial charge is 0.336 e. The van der Waals surface area contributed by atoms with E-state index in [0.29, 0.717) is 29.7 Å². The summed E-state index contributed by atoms with van der Waals surface area (Å²) in [5.74, 6) is 1.77. The lowest BCUT2D eigenvalue weighted by Crippen LogP contribution is -2.40. The molecular weight excluding hydrogens is 730 g/mol. The van der Waals surface area contributed by atoms with Gasteiger partial charge in [0.05, 0.1) is 45.1 Å². The number of benzene rings is 2. The summed E-state index contributed by atoms with van der Waals surface area (Å²) in [5.41, 5.74) is 5.28. The molecule has 2 aliphatic rings. The van der Waals surface area contributed by atoms with Gasteiger partial charge in [0.25, 0.3) is 0 Å². The Balaban J connectivity index is 0.000000409. The van der Waals surface area contributed by atoms with E-state index in [-0.39, 0.29) is 67.9 Å². The first-order valence-electron chi connectivity index (χ1n) is 17.0. The quantitative estimate of drug-likeness (QED) is 0.0693. The minimum Gasteiger partial charge on any atom is -0.469 e. The average molecular weight is 776 g/mol. The van der Waals surface area contributed by atoms with Crippen molar-refractivity contribution in [3.05, 3.63) is 82.7 Å². The summed E-state index contributed by atoms with van der Waals surface area (Å²) in [6.07, 6.45) is 10.8. The molecule has 13 heteroatoms. The molecule has 0 fully saturated rings. The maximum absolute atomic E-state index is 13.4. The first-order chi connectivity index (χ1) is 26.2. The summed E-state index contributed by atoms with van der Waals surface area (Å²) >= 11 is 5.10. The van der Waals surface area contributed by atoms with Crippen LogP contribution in [0.4, 0.5) is 0 Å². The van der Waals surface area contributed by atoms with Crippen LogP contribution in [0, 0.1) is 30.1 Å². The van der Waals surface area contributed by atoms with Gasteiger partial charge in [-0.2, -0.15) is 0 Å². The number of hydrogen-bond donors (Lipinski definition) is 1. The summed E-state index contributed by atoms with van der Waals surface area (Å²) < 4.78 is 23.9. The molecule has 1 aliphatic heterocycles. The standard InChI is InChI=1S/C29H29NO4.C8H10O4.C5H7ClO3/c1-5-15-34-18-23-27(28(32)33-4)25(26-22(30-23)16-29(2,3)17-24(26)31)21-13-11-20(12-14-21)19-9-7-6-8-10-19;1-3-4-12-6-7(9)5-8(10)11-2;1-9-5(8)2-4(7)3-6/h1,6-14,25,30H,15-18H2,2-4H3;1H,4-6H2,2H3;2-3H2,1H3. The SMILES string of the molecule is C#CCOCC(=O)CC(=O)OC.C#CCOCC1=C(C(=O)OC)C(c2ccc(-c3ccccc3)cc2)C2=C(CC(C)(C)CC2=O)N1.COC(=O)CC(=O)CCl. The molecule has 0 bridgehead atoms. The van der Waals surface area contributed by atoms with Crippen LogP contribution in [0.2, 0.25) is 0 Å². The predicted octanol–water partition coefficient (Wildman–Crippen LogP) is 4.89. The van der Waals surface area contributed by atoms with Gasteiger partial charge in [-0.25, -0.2) is 4.79 Å². The number of terminal acetylenes is 2. The number of halogens is 1. The van der Waals surface area contributed by atoms with E-state index in [0.717, 1.165) is 22.4 Å². The van der Waals surface area contributed by atoms with Gasteiger partial charge in [0.1, 0.15) is 32.7 Å². The van der Waals surface area contributed by atoms with Crippen molar-refractivity contribution in [1.82, 2.24) is 5.32 Å². The molecule has 2 aromatic rings. The highest BCUT2D eigenvalue weighted by molar-refractivity contribution is 6.28. The number of Topliss-reactive ketones (excluding diaryl/α,β-unsaturated/α-hetero) is 3. The lowest BCUT2D eigenvalue weighted by molar-refractivity contribution is -0.145. The van der Waals surface area contributed by atoms with E-state index in [1.54, 1.807) is 0 Å². The van der Waals surface area contributed by atoms with E-state index in [2.05, 4.69) is 40.5 Å². The fourth-order valence-electron chi connectivity index (χ4n) is 5.65. The monoisotopic (exact) mass is 775 g/mol. The average Bonchev–Trinajstić information content (AvgIpc) is 3.17. The molecule has 0 aromatic heterocycles. The van der Waals surface area contributed by atoms with E-state index < -0.39 is 23.8 Å². The number of nitrogens with one attached hydrogen (secondary N) is 1. The van der Waals surface area contributed by atoms with Crippen molar-refractivity contribution in [2.24, 2.45) is 5.41 Å². The molecule has 1 N–H and O–H groups in total. The number of ether oxygens (including phenoxy) is 5. The van der Waals surface area contributed by atoms with Gasteiger partial charge in [0.2, 0.25) is 0 Å². The number of ketones is 3. The molecule has 55 heavy (non-hydrogen) atoms. The fourth-order valence-corrected chi connectivity index (χ4v) is 5.74. The Kier molecular flexibility index (Phi) is 19.3. The first-order valence-corrected chi connectivity index (χ1v) is 17.5. The number of carbonyl (C=O) groups is 6. The van der Waals surface area contributed by atoms with Gasteiger partial charge >= 0.3 is 17.9 Å². The molecule has 2 aromatic carbocycles. The number of methoxy groups -OCH3 is 3. The van der Waals surface area contributed by atoms with Crippen LogP contribution in [-0.4, -0.2) is 88.9 Å². The first kappa shape index (κ1) is 45.6. The number of hydrogen-bond acceptors (Lipinski definition) is 12. The van der Waals surface area contributed by atoms with E-state index in [1.807, 2.05) is 54.6 Å². The Morgan fingerprint density at radius 3 is 1.91 bits per heavy atom. The topological polar surface area (TPSA) is 161 Å². The van der Waals surface area contributed by atoms with Gasteiger partial charge in [-0.15, -0.1) is 24.4 Å². The van der Waals surface area contributed by atoms with Crippen LogP contribution in [0.25, 0.3) is 11.1 Å². The Hall–Kier alpha value is -5.53. The lowest BCUT2D eigenvalue weighted by Gasteiger charge is -2.39. The molecule has 4 rings (SSSR count). The Morgan fingerprint density at radius 2 is 1.36 bits per heavy atom. The number of rotatable bonds is 14. The van der Waals surface area contributed by atoms with E-state index in [9.17, 15) is 28.8 Å². The minimum atomic E-state index is -0.565. The maximum Gasteiger partial charge on any atom is 0.336 e. The Morgan fingerprint density at radius 1 is 0.800 bits per heavy atom. The third-order valence-electron chi connectivity index (χ3n) is 8.05. The zero-order valence-electron chi connectivity index (χ0n) is 31.7. The van der Waals surface area contributed by atoms with Crippen LogP contribution >= 0.6 is 11.6 Å². The predicted molar refractivity (Wildman–Crippen MR) is 205 cm³/mol. The third-order valence-corrected chi connectivity index (χ3v) is 8.35. The maximum atomic E-state index is 13.4. The van der Waals surface area contributed by atoms with Gasteiger partial charge < -0.3 is 29.0 Å². The molecule has 1 heterocycles. The van der Waals surface area contributed by atoms with Crippen LogP contribution in [0.15, 0.2) is 77.1 Å². The summed E-state index contributed by atoms with van der Waals surface area (Å²) in [6.45, 7) is 4.33. The van der Waals surface area contributed by atoms with Crippen LogP contribution in [0.1, 0.15) is 51.0 Å². The van der Waals surface area contributed by atoms with Gasteiger partial charge in [-0.1, -0.05) is 80.3 Å². The van der Waals surface area contributed by atoms with Crippen LogP contribution in [0.5, 0.6) is 0 Å². The van der Waals surface area contributed by atoms with Gasteiger partial charge in [-0.3, -0.25) is 24.0 Å². The summed E-state index contributed by atoms with van der Waals surface area (Å²) in [4.78, 5) is 68.4. The van der Waals surface area contributed by atoms with Crippen LogP contribution in [0.3, 0.4) is 0 Å². The second-order valence-corrected chi connectivity index (χ2v) is 13.1. The summed E-state index contributed by atoms with van der Waals surface area (Å²) in [7, 11) is 3.79. The number of alkyl halides is 1. The number of allylic oxidation sites excluding steroid dienone is 2. The second kappa shape index (κ2) is 23.3. The number of esters is 3. The highest BCUT2D eigenvalue weighted by atomic mass is 35.5. The zero-order chi connectivity index (χ0) is 41.0. The third kappa shape index (κ3) is 14.7. The Labute approximate surface area is 326 Å². The largest absolute Gasteiger partial charge is 0.469 e. The molecular formula is C42H46ClNO11. The van der Waals surface area contributed by atoms with Crippen LogP contribution < -0.4 is 5.32 Å². The fraction of sp³-hybridized carbons (Fsp3) is 0.381.